The summed E-state index contributed by atoms with van der Waals surface area (Å²) in [5, 5.41) is 8.28. The Bertz CT molecular complexity index is 561. The molecule has 5 nitrogen and oxygen atoms in total. The number of hydrogen-bond acceptors (Lipinski definition) is 5. The number of nitrogens with two attached hydrogens (primary N) is 1. The Morgan fingerprint density at radius 3 is 2.67 bits per heavy atom. The highest BCUT2D eigenvalue weighted by Crippen LogP contribution is 2.23. The topological polar surface area (TPSA) is 68.2 Å². The number of piperidine rings is 1. The summed E-state index contributed by atoms with van der Waals surface area (Å²) in [6.45, 7) is 4.25. The highest BCUT2D eigenvalue weighted by Gasteiger charge is 2.22. The Morgan fingerprint density at radius 1 is 1.24 bits per heavy atom. The average molecular weight is 286 g/mol. The molecule has 3 rings (SSSR count). The van der Waals surface area contributed by atoms with E-state index in [1.807, 2.05) is 18.2 Å². The highest BCUT2D eigenvalue weighted by atomic mass is 16.4. The monoisotopic (exact) mass is 286 g/mol. The van der Waals surface area contributed by atoms with E-state index in [4.69, 9.17) is 10.2 Å². The van der Waals surface area contributed by atoms with E-state index in [-0.39, 0.29) is 6.04 Å². The van der Waals surface area contributed by atoms with E-state index < -0.39 is 0 Å². The largest absolute Gasteiger partial charge is 0.406 e. The van der Waals surface area contributed by atoms with Crippen LogP contribution in [0.2, 0.25) is 0 Å². The van der Waals surface area contributed by atoms with Crippen molar-refractivity contribution >= 4 is 6.01 Å². The molecule has 0 radical (unpaired) electrons. The van der Waals surface area contributed by atoms with Gasteiger partial charge in [0, 0.05) is 13.1 Å². The molecule has 1 aromatic heterocycles. The van der Waals surface area contributed by atoms with Gasteiger partial charge in [0.1, 0.15) is 0 Å². The van der Waals surface area contributed by atoms with Crippen molar-refractivity contribution < 1.29 is 4.42 Å². The van der Waals surface area contributed by atoms with Crippen LogP contribution in [0.4, 0.5) is 6.01 Å². The summed E-state index contributed by atoms with van der Waals surface area (Å²) in [5.74, 6) is 1.30. The van der Waals surface area contributed by atoms with E-state index in [2.05, 4.69) is 34.2 Å². The molecule has 1 atom stereocenters. The molecule has 1 fully saturated rings. The Balaban J connectivity index is 1.64. The molecule has 21 heavy (non-hydrogen) atoms. The standard InChI is InChI=1S/C16H22N4O/c1-12-7-9-20(10-8-12)16-19-18-15(21-16)14(17)11-13-5-3-2-4-6-13/h2-6,12,14H,7-11,17H2,1H3. The highest BCUT2D eigenvalue weighted by molar-refractivity contribution is 5.25. The SMILES string of the molecule is CC1CCN(c2nnc(C(N)Cc3ccccc3)o2)CC1. The third-order valence-electron chi connectivity index (χ3n) is 4.10. The summed E-state index contributed by atoms with van der Waals surface area (Å²) in [6.07, 6.45) is 3.06. The summed E-state index contributed by atoms with van der Waals surface area (Å²) >= 11 is 0. The van der Waals surface area contributed by atoms with E-state index in [0.717, 1.165) is 19.0 Å². The maximum atomic E-state index is 6.18. The van der Waals surface area contributed by atoms with Crippen molar-refractivity contribution in [3.8, 4) is 0 Å². The normalized spacial score (nSPS) is 17.9. The molecule has 0 spiro atoms. The lowest BCUT2D eigenvalue weighted by Crippen LogP contribution is -2.32. The fourth-order valence-corrected chi connectivity index (χ4v) is 2.66. The number of hydrogen-bond donors (Lipinski definition) is 1. The van der Waals surface area contributed by atoms with Crippen molar-refractivity contribution in [3.63, 3.8) is 0 Å². The van der Waals surface area contributed by atoms with Gasteiger partial charge in [0.05, 0.1) is 6.04 Å². The molecule has 1 aliphatic rings. The summed E-state index contributed by atoms with van der Waals surface area (Å²) in [5.41, 5.74) is 7.35. The Labute approximate surface area is 125 Å². The first-order chi connectivity index (χ1) is 10.2. The van der Waals surface area contributed by atoms with Gasteiger partial charge in [-0.1, -0.05) is 42.4 Å². The Hall–Kier alpha value is -1.88. The molecule has 0 bridgehead atoms. The van der Waals surface area contributed by atoms with Crippen LogP contribution in [0.5, 0.6) is 0 Å². The van der Waals surface area contributed by atoms with Crippen molar-refractivity contribution in [1.29, 1.82) is 0 Å². The second kappa shape index (κ2) is 6.26. The van der Waals surface area contributed by atoms with Gasteiger partial charge in [-0.05, 0) is 30.7 Å². The summed E-state index contributed by atoms with van der Waals surface area (Å²) in [6, 6.07) is 10.5. The van der Waals surface area contributed by atoms with E-state index in [9.17, 15) is 0 Å². The van der Waals surface area contributed by atoms with Crippen LogP contribution < -0.4 is 10.6 Å². The van der Waals surface area contributed by atoms with Gasteiger partial charge in [0.15, 0.2) is 0 Å². The Morgan fingerprint density at radius 2 is 1.95 bits per heavy atom. The van der Waals surface area contributed by atoms with Gasteiger partial charge in [-0.25, -0.2) is 0 Å². The molecule has 0 aliphatic carbocycles. The Kier molecular flexibility index (Phi) is 4.20. The van der Waals surface area contributed by atoms with Crippen LogP contribution in [0, 0.1) is 5.92 Å². The number of nitrogens with zero attached hydrogens (tertiary/aromatic N) is 3. The molecule has 1 aliphatic heterocycles. The van der Waals surface area contributed by atoms with E-state index in [1.54, 1.807) is 0 Å². The van der Waals surface area contributed by atoms with Crippen molar-refractivity contribution in [2.24, 2.45) is 11.7 Å². The van der Waals surface area contributed by atoms with Crippen molar-refractivity contribution in [3.05, 3.63) is 41.8 Å². The number of benzene rings is 1. The predicted octanol–water partition coefficient (Wildman–Crippen LogP) is 2.55. The molecule has 2 heterocycles. The second-order valence-electron chi connectivity index (χ2n) is 5.89. The minimum Gasteiger partial charge on any atom is -0.406 e. The van der Waals surface area contributed by atoms with Gasteiger partial charge < -0.3 is 15.1 Å². The van der Waals surface area contributed by atoms with Crippen LogP contribution in [-0.4, -0.2) is 23.3 Å². The van der Waals surface area contributed by atoms with Gasteiger partial charge >= 0.3 is 6.01 Å². The summed E-state index contributed by atoms with van der Waals surface area (Å²) in [4.78, 5) is 2.16. The summed E-state index contributed by atoms with van der Waals surface area (Å²) in [7, 11) is 0. The lowest BCUT2D eigenvalue weighted by Gasteiger charge is -2.28. The average Bonchev–Trinajstić information content (AvgIpc) is 2.99. The third kappa shape index (κ3) is 3.42. The molecule has 1 saturated heterocycles. The zero-order valence-corrected chi connectivity index (χ0v) is 12.4. The first kappa shape index (κ1) is 14.1. The molecule has 0 saturated carbocycles. The van der Waals surface area contributed by atoms with E-state index in [0.29, 0.717) is 18.3 Å². The van der Waals surface area contributed by atoms with Crippen LogP contribution in [0.3, 0.4) is 0 Å². The molecule has 1 unspecified atom stereocenters. The van der Waals surface area contributed by atoms with Crippen LogP contribution >= 0.6 is 0 Å². The molecular formula is C16H22N4O. The number of anilines is 1. The maximum Gasteiger partial charge on any atom is 0.318 e. The first-order valence-corrected chi connectivity index (χ1v) is 7.60. The second-order valence-corrected chi connectivity index (χ2v) is 5.89. The first-order valence-electron chi connectivity index (χ1n) is 7.60. The van der Waals surface area contributed by atoms with Crippen molar-refractivity contribution in [2.45, 2.75) is 32.2 Å². The quantitative estimate of drug-likeness (QED) is 0.935. The van der Waals surface area contributed by atoms with Gasteiger partial charge in [0.25, 0.3) is 0 Å². The zero-order valence-electron chi connectivity index (χ0n) is 12.4. The lowest BCUT2D eigenvalue weighted by atomic mass is 10.00. The third-order valence-corrected chi connectivity index (χ3v) is 4.10. The number of rotatable bonds is 4. The predicted molar refractivity (Wildman–Crippen MR) is 82.0 cm³/mol. The van der Waals surface area contributed by atoms with E-state index >= 15 is 0 Å². The minimum atomic E-state index is -0.252. The molecule has 1 aromatic carbocycles. The zero-order chi connectivity index (χ0) is 14.7. The minimum absolute atomic E-state index is 0.252. The summed E-state index contributed by atoms with van der Waals surface area (Å²) < 4.78 is 5.77. The van der Waals surface area contributed by atoms with Crippen molar-refractivity contribution in [2.75, 3.05) is 18.0 Å². The smallest absolute Gasteiger partial charge is 0.318 e. The van der Waals surface area contributed by atoms with Crippen LogP contribution in [0.15, 0.2) is 34.7 Å². The fraction of sp³-hybridized carbons (Fsp3) is 0.500. The fourth-order valence-electron chi connectivity index (χ4n) is 2.66. The van der Waals surface area contributed by atoms with Gasteiger partial charge in [-0.2, -0.15) is 0 Å². The molecule has 2 N–H and O–H groups in total. The van der Waals surface area contributed by atoms with E-state index in [1.165, 1.54) is 18.4 Å². The molecule has 112 valence electrons. The molecular weight excluding hydrogens is 264 g/mol. The lowest BCUT2D eigenvalue weighted by molar-refractivity contribution is 0.396. The van der Waals surface area contributed by atoms with Crippen LogP contribution in [0.25, 0.3) is 0 Å². The maximum absolute atomic E-state index is 6.18. The van der Waals surface area contributed by atoms with Crippen LogP contribution in [-0.2, 0) is 6.42 Å². The number of aromatic nitrogens is 2. The van der Waals surface area contributed by atoms with Crippen molar-refractivity contribution in [1.82, 2.24) is 10.2 Å². The molecule has 0 amide bonds. The van der Waals surface area contributed by atoms with Crippen LogP contribution in [0.1, 0.15) is 37.3 Å². The molecule has 5 heteroatoms. The molecule has 2 aromatic rings. The van der Waals surface area contributed by atoms with Gasteiger partial charge in [0.2, 0.25) is 5.89 Å². The van der Waals surface area contributed by atoms with Gasteiger partial charge in [-0.3, -0.25) is 0 Å². The van der Waals surface area contributed by atoms with Gasteiger partial charge in [-0.15, -0.1) is 5.10 Å².